The molecular formula is C10H14N2O2S. The molecule has 0 aliphatic heterocycles. The first-order valence-electron chi connectivity index (χ1n) is 4.61. The lowest BCUT2D eigenvalue weighted by Crippen LogP contribution is -2.32. The third-order valence-electron chi connectivity index (χ3n) is 2.06. The molecular weight excluding hydrogens is 212 g/mol. The van der Waals surface area contributed by atoms with Crippen molar-refractivity contribution < 1.29 is 9.90 Å². The van der Waals surface area contributed by atoms with Gasteiger partial charge in [0.05, 0.1) is 12.6 Å². The van der Waals surface area contributed by atoms with Crippen molar-refractivity contribution in [2.45, 2.75) is 13.0 Å². The third-order valence-corrected chi connectivity index (χ3v) is 3.00. The Morgan fingerprint density at radius 2 is 2.60 bits per heavy atom. The van der Waals surface area contributed by atoms with Gasteiger partial charge in [-0.05, 0) is 6.92 Å². The van der Waals surface area contributed by atoms with E-state index in [2.05, 4.69) is 11.6 Å². The normalized spacial score (nSPS) is 12.7. The summed E-state index contributed by atoms with van der Waals surface area (Å²) < 4.78 is 0. The van der Waals surface area contributed by atoms with Gasteiger partial charge in [-0.3, -0.25) is 9.69 Å². The predicted molar refractivity (Wildman–Crippen MR) is 59.9 cm³/mol. The second-order valence-corrected chi connectivity index (χ2v) is 4.08. The maximum atomic E-state index is 10.7. The summed E-state index contributed by atoms with van der Waals surface area (Å²) in [5, 5.41) is 11.6. The number of aromatic nitrogens is 1. The Labute approximate surface area is 92.9 Å². The largest absolute Gasteiger partial charge is 0.480 e. The SMILES string of the molecule is C=CCN(CC(=O)O)C(C)c1nccs1. The fraction of sp³-hybridized carbons (Fsp3) is 0.400. The molecule has 0 aliphatic carbocycles. The summed E-state index contributed by atoms with van der Waals surface area (Å²) in [5.74, 6) is -0.833. The zero-order valence-corrected chi connectivity index (χ0v) is 9.41. The fourth-order valence-corrected chi connectivity index (χ4v) is 2.03. The van der Waals surface area contributed by atoms with Crippen molar-refractivity contribution in [3.05, 3.63) is 29.2 Å². The highest BCUT2D eigenvalue weighted by Crippen LogP contribution is 2.21. The minimum atomic E-state index is -0.833. The van der Waals surface area contributed by atoms with Crippen LogP contribution in [0, 0.1) is 0 Å². The number of hydrogen-bond donors (Lipinski definition) is 1. The number of carboxylic acid groups (broad SMARTS) is 1. The van der Waals surface area contributed by atoms with E-state index >= 15 is 0 Å². The first kappa shape index (κ1) is 11.9. The maximum absolute atomic E-state index is 10.7. The van der Waals surface area contributed by atoms with E-state index in [9.17, 15) is 4.79 Å². The molecule has 0 aliphatic rings. The summed E-state index contributed by atoms with van der Waals surface area (Å²) in [6.07, 6.45) is 3.43. The first-order valence-corrected chi connectivity index (χ1v) is 5.49. The number of carbonyl (C=O) groups is 1. The molecule has 0 saturated heterocycles. The molecule has 1 unspecified atom stereocenters. The van der Waals surface area contributed by atoms with Crippen molar-refractivity contribution in [1.82, 2.24) is 9.88 Å². The van der Waals surface area contributed by atoms with Crippen molar-refractivity contribution in [3.63, 3.8) is 0 Å². The van der Waals surface area contributed by atoms with Crippen LogP contribution in [0.25, 0.3) is 0 Å². The van der Waals surface area contributed by atoms with Gasteiger partial charge in [-0.1, -0.05) is 6.08 Å². The Balaban J connectivity index is 2.70. The molecule has 1 atom stereocenters. The van der Waals surface area contributed by atoms with E-state index in [4.69, 9.17) is 5.11 Å². The Kier molecular flexibility index (Phi) is 4.45. The summed E-state index contributed by atoms with van der Waals surface area (Å²) in [6, 6.07) is 0.0131. The summed E-state index contributed by atoms with van der Waals surface area (Å²) >= 11 is 1.53. The van der Waals surface area contributed by atoms with Gasteiger partial charge in [-0.2, -0.15) is 0 Å². The van der Waals surface area contributed by atoms with Crippen molar-refractivity contribution in [1.29, 1.82) is 0 Å². The number of thiazole rings is 1. The average molecular weight is 226 g/mol. The molecule has 5 heteroatoms. The van der Waals surface area contributed by atoms with Crippen molar-refractivity contribution in [3.8, 4) is 0 Å². The minimum Gasteiger partial charge on any atom is -0.480 e. The summed E-state index contributed by atoms with van der Waals surface area (Å²) in [6.45, 7) is 6.12. The molecule has 0 spiro atoms. The standard InChI is InChI=1S/C10H14N2O2S/c1-3-5-12(7-9(13)14)8(2)10-11-4-6-15-10/h3-4,6,8H,1,5,7H2,2H3,(H,13,14). The fourth-order valence-electron chi connectivity index (χ4n) is 1.30. The van der Waals surface area contributed by atoms with E-state index < -0.39 is 5.97 Å². The quantitative estimate of drug-likeness (QED) is 0.751. The number of nitrogens with zero attached hydrogens (tertiary/aromatic N) is 2. The highest BCUT2D eigenvalue weighted by atomic mass is 32.1. The number of rotatable bonds is 6. The molecule has 1 aromatic heterocycles. The summed E-state index contributed by atoms with van der Waals surface area (Å²) in [5.41, 5.74) is 0. The second-order valence-electron chi connectivity index (χ2n) is 3.16. The van der Waals surface area contributed by atoms with Crippen molar-refractivity contribution in [2.75, 3.05) is 13.1 Å². The van der Waals surface area contributed by atoms with Gasteiger partial charge in [-0.15, -0.1) is 17.9 Å². The van der Waals surface area contributed by atoms with E-state index in [1.165, 1.54) is 11.3 Å². The van der Waals surface area contributed by atoms with Gasteiger partial charge in [0.2, 0.25) is 0 Å². The molecule has 1 aromatic rings. The van der Waals surface area contributed by atoms with Crippen LogP contribution in [0.2, 0.25) is 0 Å². The van der Waals surface area contributed by atoms with Gasteiger partial charge in [0, 0.05) is 18.1 Å². The zero-order chi connectivity index (χ0) is 11.3. The molecule has 0 aromatic carbocycles. The Hall–Kier alpha value is -1.20. The lowest BCUT2D eigenvalue weighted by molar-refractivity contribution is -0.138. The molecule has 0 bridgehead atoms. The molecule has 15 heavy (non-hydrogen) atoms. The smallest absolute Gasteiger partial charge is 0.317 e. The van der Waals surface area contributed by atoms with Gasteiger partial charge in [0.1, 0.15) is 5.01 Å². The average Bonchev–Trinajstić information content (AvgIpc) is 2.68. The van der Waals surface area contributed by atoms with Gasteiger partial charge >= 0.3 is 5.97 Å². The van der Waals surface area contributed by atoms with Crippen LogP contribution in [0.4, 0.5) is 0 Å². The molecule has 0 saturated carbocycles. The van der Waals surface area contributed by atoms with Crippen LogP contribution in [0.5, 0.6) is 0 Å². The van der Waals surface area contributed by atoms with Gasteiger partial charge in [0.15, 0.2) is 0 Å². The predicted octanol–water partition coefficient (Wildman–Crippen LogP) is 1.78. The van der Waals surface area contributed by atoms with E-state index in [0.717, 1.165) is 5.01 Å². The molecule has 0 amide bonds. The molecule has 0 radical (unpaired) electrons. The second kappa shape index (κ2) is 5.63. The molecule has 0 fully saturated rings. The minimum absolute atomic E-state index is 0.00671. The van der Waals surface area contributed by atoms with Gasteiger partial charge < -0.3 is 5.11 Å². The molecule has 1 N–H and O–H groups in total. The van der Waals surface area contributed by atoms with Crippen LogP contribution < -0.4 is 0 Å². The zero-order valence-electron chi connectivity index (χ0n) is 8.59. The van der Waals surface area contributed by atoms with Crippen LogP contribution >= 0.6 is 11.3 Å². The van der Waals surface area contributed by atoms with Crippen LogP contribution in [0.1, 0.15) is 18.0 Å². The van der Waals surface area contributed by atoms with E-state index in [0.29, 0.717) is 6.54 Å². The molecule has 1 rings (SSSR count). The van der Waals surface area contributed by atoms with Gasteiger partial charge in [0.25, 0.3) is 0 Å². The lowest BCUT2D eigenvalue weighted by atomic mass is 10.3. The Morgan fingerprint density at radius 1 is 1.87 bits per heavy atom. The van der Waals surface area contributed by atoms with Crippen molar-refractivity contribution >= 4 is 17.3 Å². The molecule has 1 heterocycles. The highest BCUT2D eigenvalue weighted by molar-refractivity contribution is 7.09. The van der Waals surface area contributed by atoms with E-state index in [1.807, 2.05) is 17.2 Å². The summed E-state index contributed by atoms with van der Waals surface area (Å²) in [4.78, 5) is 16.7. The number of carboxylic acids is 1. The Morgan fingerprint density at radius 3 is 3.07 bits per heavy atom. The van der Waals surface area contributed by atoms with E-state index in [-0.39, 0.29) is 12.6 Å². The molecule has 4 nitrogen and oxygen atoms in total. The first-order chi connectivity index (χ1) is 7.15. The molecule has 82 valence electrons. The maximum Gasteiger partial charge on any atom is 0.317 e. The van der Waals surface area contributed by atoms with Crippen molar-refractivity contribution in [2.24, 2.45) is 0 Å². The monoisotopic (exact) mass is 226 g/mol. The Bertz CT molecular complexity index is 324. The highest BCUT2D eigenvalue weighted by Gasteiger charge is 2.18. The topological polar surface area (TPSA) is 53.4 Å². The van der Waals surface area contributed by atoms with Crippen LogP contribution in [0.3, 0.4) is 0 Å². The number of aliphatic carboxylic acids is 1. The lowest BCUT2D eigenvalue weighted by Gasteiger charge is -2.24. The van der Waals surface area contributed by atoms with E-state index in [1.54, 1.807) is 12.3 Å². The third kappa shape index (κ3) is 3.45. The summed E-state index contributed by atoms with van der Waals surface area (Å²) in [7, 11) is 0. The van der Waals surface area contributed by atoms with Crippen LogP contribution in [-0.2, 0) is 4.79 Å². The number of hydrogen-bond acceptors (Lipinski definition) is 4. The van der Waals surface area contributed by atoms with Crippen LogP contribution in [-0.4, -0.2) is 34.0 Å². The van der Waals surface area contributed by atoms with Gasteiger partial charge in [-0.25, -0.2) is 4.98 Å². The van der Waals surface area contributed by atoms with Crippen LogP contribution in [0.15, 0.2) is 24.2 Å².